The summed E-state index contributed by atoms with van der Waals surface area (Å²) in [7, 11) is 0. The number of carbonyl (C=O) groups excluding carboxylic acids is 2. The average Bonchev–Trinajstić information content (AvgIpc) is 2.74. The van der Waals surface area contributed by atoms with E-state index in [9.17, 15) is 9.59 Å². The molecule has 0 aromatic carbocycles. The lowest BCUT2D eigenvalue weighted by Crippen LogP contribution is -2.46. The third-order valence-corrected chi connectivity index (χ3v) is 4.55. The Morgan fingerprint density at radius 1 is 1.41 bits per heavy atom. The highest BCUT2D eigenvalue weighted by Gasteiger charge is 2.52. The van der Waals surface area contributed by atoms with Crippen molar-refractivity contribution in [2.45, 2.75) is 51.0 Å². The minimum absolute atomic E-state index is 0.123. The molecule has 3 rings (SSSR count). The van der Waals surface area contributed by atoms with Crippen molar-refractivity contribution in [3.8, 4) is 0 Å². The van der Waals surface area contributed by atoms with Crippen molar-refractivity contribution in [3.05, 3.63) is 11.1 Å². The van der Waals surface area contributed by atoms with Gasteiger partial charge in [0.1, 0.15) is 5.54 Å². The Hall–Kier alpha value is -1.25. The summed E-state index contributed by atoms with van der Waals surface area (Å²) >= 11 is 0. The number of nitrogens with zero attached hydrogens (tertiary/aromatic N) is 1. The van der Waals surface area contributed by atoms with E-state index >= 15 is 0 Å². The van der Waals surface area contributed by atoms with Crippen molar-refractivity contribution in [1.82, 2.24) is 0 Å². The summed E-state index contributed by atoms with van der Waals surface area (Å²) in [6, 6.07) is 0. The van der Waals surface area contributed by atoms with E-state index in [1.54, 1.807) is 6.92 Å². The first-order valence-electron chi connectivity index (χ1n) is 6.46. The van der Waals surface area contributed by atoms with E-state index in [1.807, 2.05) is 6.21 Å². The van der Waals surface area contributed by atoms with E-state index in [4.69, 9.17) is 0 Å². The first-order valence-corrected chi connectivity index (χ1v) is 6.46. The molecular weight excluding hydrogens is 214 g/mol. The average molecular weight is 231 g/mol. The van der Waals surface area contributed by atoms with E-state index in [0.717, 1.165) is 43.3 Å². The van der Waals surface area contributed by atoms with Crippen LogP contribution in [0.5, 0.6) is 0 Å². The minimum atomic E-state index is -0.649. The minimum Gasteiger partial charge on any atom is -0.297 e. The quantitative estimate of drug-likeness (QED) is 0.694. The summed E-state index contributed by atoms with van der Waals surface area (Å²) in [4.78, 5) is 28.6. The fourth-order valence-electron chi connectivity index (χ4n) is 3.77. The van der Waals surface area contributed by atoms with Gasteiger partial charge in [-0.2, -0.15) is 0 Å². The molecule has 90 valence electrons. The molecule has 17 heavy (non-hydrogen) atoms. The number of Topliss-reactive ketones (excluding diaryl/α,β-unsaturated/α-hetero) is 2. The molecule has 0 fully saturated rings. The molecule has 1 heterocycles. The highest BCUT2D eigenvalue weighted by molar-refractivity contribution is 6.02. The first-order chi connectivity index (χ1) is 8.16. The van der Waals surface area contributed by atoms with Crippen molar-refractivity contribution in [3.63, 3.8) is 0 Å². The number of fused-ring (bicyclic) bond motifs is 2. The lowest BCUT2D eigenvalue weighted by Gasteiger charge is -2.40. The lowest BCUT2D eigenvalue weighted by molar-refractivity contribution is -0.122. The molecule has 3 aliphatic rings. The molecular formula is C14H17NO2. The Kier molecular flexibility index (Phi) is 2.32. The predicted molar refractivity (Wildman–Crippen MR) is 65.1 cm³/mol. The maximum absolute atomic E-state index is 12.1. The van der Waals surface area contributed by atoms with E-state index in [2.05, 4.69) is 4.99 Å². The highest BCUT2D eigenvalue weighted by atomic mass is 16.1. The monoisotopic (exact) mass is 231 g/mol. The number of hydrogen-bond donors (Lipinski definition) is 0. The summed E-state index contributed by atoms with van der Waals surface area (Å²) in [5, 5.41) is 0. The van der Waals surface area contributed by atoms with Gasteiger partial charge in [0.05, 0.1) is 0 Å². The third kappa shape index (κ3) is 1.31. The van der Waals surface area contributed by atoms with Crippen LogP contribution in [0.4, 0.5) is 0 Å². The molecule has 0 aromatic heterocycles. The zero-order valence-corrected chi connectivity index (χ0v) is 10.2. The van der Waals surface area contributed by atoms with Crippen molar-refractivity contribution >= 4 is 17.8 Å². The van der Waals surface area contributed by atoms with Crippen LogP contribution in [-0.2, 0) is 9.59 Å². The van der Waals surface area contributed by atoms with Gasteiger partial charge in [0.2, 0.25) is 0 Å². The predicted octanol–water partition coefficient (Wildman–Crippen LogP) is 2.25. The van der Waals surface area contributed by atoms with Crippen LogP contribution in [0.25, 0.3) is 0 Å². The molecule has 0 N–H and O–H groups in total. The van der Waals surface area contributed by atoms with Gasteiger partial charge in [-0.05, 0) is 50.2 Å². The molecule has 1 aliphatic heterocycles. The van der Waals surface area contributed by atoms with E-state index in [0.29, 0.717) is 12.3 Å². The van der Waals surface area contributed by atoms with Crippen molar-refractivity contribution in [2.75, 3.05) is 0 Å². The lowest BCUT2D eigenvalue weighted by atomic mass is 9.64. The Morgan fingerprint density at radius 2 is 2.24 bits per heavy atom. The third-order valence-electron chi connectivity index (χ3n) is 4.55. The van der Waals surface area contributed by atoms with Crippen molar-refractivity contribution < 1.29 is 9.59 Å². The second-order valence-electron chi connectivity index (χ2n) is 5.34. The summed E-state index contributed by atoms with van der Waals surface area (Å²) in [5.74, 6) is 0.690. The van der Waals surface area contributed by atoms with Crippen LogP contribution in [0, 0.1) is 5.92 Å². The van der Waals surface area contributed by atoms with Gasteiger partial charge in [-0.15, -0.1) is 0 Å². The van der Waals surface area contributed by atoms with Gasteiger partial charge in [0.15, 0.2) is 11.6 Å². The van der Waals surface area contributed by atoms with Gasteiger partial charge < -0.3 is 0 Å². The Labute approximate surface area is 101 Å². The molecule has 3 nitrogen and oxygen atoms in total. The molecule has 0 amide bonds. The highest BCUT2D eigenvalue weighted by Crippen LogP contribution is 2.49. The molecule has 3 heteroatoms. The fraction of sp³-hybridized carbons (Fsp3) is 0.643. The smallest absolute Gasteiger partial charge is 0.161 e. The summed E-state index contributed by atoms with van der Waals surface area (Å²) in [6.45, 7) is 1.63. The molecule has 0 aromatic rings. The Bertz CT molecular complexity index is 461. The number of hydrogen-bond acceptors (Lipinski definition) is 3. The number of rotatable bonds is 1. The van der Waals surface area contributed by atoms with Crippen LogP contribution in [0.1, 0.15) is 45.4 Å². The molecule has 0 saturated heterocycles. The van der Waals surface area contributed by atoms with E-state index in [1.165, 1.54) is 0 Å². The van der Waals surface area contributed by atoms with E-state index < -0.39 is 5.54 Å². The van der Waals surface area contributed by atoms with Gasteiger partial charge in [-0.25, -0.2) is 0 Å². The normalized spacial score (nSPS) is 35.8. The van der Waals surface area contributed by atoms with Gasteiger partial charge in [0, 0.05) is 18.6 Å². The number of carbonyl (C=O) groups is 2. The second-order valence-corrected chi connectivity index (χ2v) is 5.34. The topological polar surface area (TPSA) is 46.5 Å². The zero-order valence-electron chi connectivity index (χ0n) is 10.2. The maximum atomic E-state index is 12.1. The van der Waals surface area contributed by atoms with Crippen LogP contribution in [0.3, 0.4) is 0 Å². The number of ketones is 2. The van der Waals surface area contributed by atoms with Crippen LogP contribution in [-0.4, -0.2) is 23.3 Å². The van der Waals surface area contributed by atoms with Gasteiger partial charge >= 0.3 is 0 Å². The zero-order chi connectivity index (χ0) is 12.0. The summed E-state index contributed by atoms with van der Waals surface area (Å²) < 4.78 is 0. The maximum Gasteiger partial charge on any atom is 0.161 e. The largest absolute Gasteiger partial charge is 0.297 e. The van der Waals surface area contributed by atoms with Crippen LogP contribution >= 0.6 is 0 Å². The molecule has 0 radical (unpaired) electrons. The van der Waals surface area contributed by atoms with Gasteiger partial charge in [-0.1, -0.05) is 0 Å². The summed E-state index contributed by atoms with van der Waals surface area (Å²) in [6.07, 6.45) is 7.00. The molecule has 0 saturated carbocycles. The van der Waals surface area contributed by atoms with Gasteiger partial charge in [0.25, 0.3) is 0 Å². The van der Waals surface area contributed by atoms with Crippen molar-refractivity contribution in [1.29, 1.82) is 0 Å². The second kappa shape index (κ2) is 3.62. The standard InChI is InChI=1S/C14H17NO2/c1-9(16)14-10(7-8-15-14)5-6-11-12(14)3-2-4-13(11)17/h8,10H,2-7H2,1H3/t10-,14+/m0/s1. The molecule has 2 atom stereocenters. The molecule has 2 aliphatic carbocycles. The van der Waals surface area contributed by atoms with Crippen LogP contribution < -0.4 is 0 Å². The van der Waals surface area contributed by atoms with Crippen LogP contribution in [0.15, 0.2) is 16.1 Å². The van der Waals surface area contributed by atoms with Crippen LogP contribution in [0.2, 0.25) is 0 Å². The number of aliphatic imine (C=N–C) groups is 1. The Balaban J connectivity index is 2.18. The van der Waals surface area contributed by atoms with Gasteiger partial charge in [-0.3, -0.25) is 14.6 Å². The SMILES string of the molecule is CC(=O)[C@@]12N=CC[C@@H]1CCC1=C2CCCC1=O. The van der Waals surface area contributed by atoms with E-state index in [-0.39, 0.29) is 11.6 Å². The molecule has 0 spiro atoms. The Morgan fingerprint density at radius 3 is 3.00 bits per heavy atom. The fourth-order valence-corrected chi connectivity index (χ4v) is 3.77. The first kappa shape index (κ1) is 10.9. The molecule has 0 unspecified atom stereocenters. The molecule has 0 bridgehead atoms. The van der Waals surface area contributed by atoms with Crippen molar-refractivity contribution in [2.24, 2.45) is 10.9 Å². The number of allylic oxidation sites excluding steroid dienone is 1. The summed E-state index contributed by atoms with van der Waals surface area (Å²) in [5.41, 5.74) is 1.34.